The Morgan fingerprint density at radius 1 is 1.00 bits per heavy atom. The molecule has 3 N–H and O–H groups in total. The molecular weight excluding hydrogens is 840 g/mol. The summed E-state index contributed by atoms with van der Waals surface area (Å²) in [5.74, 6) is 0.0178. The Labute approximate surface area is 375 Å². The van der Waals surface area contributed by atoms with Gasteiger partial charge in [0.15, 0.2) is 18.2 Å². The number of anilines is 4. The Hall–Kier alpha value is -5.78. The molecule has 5 aliphatic heterocycles. The lowest BCUT2D eigenvalue weighted by atomic mass is 9.73. The smallest absolute Gasteiger partial charge is 0.293 e. The minimum absolute atomic E-state index is 0.0949. The molecule has 1 aliphatic carbocycles. The maximum atomic E-state index is 13.3. The number of hydrogen-bond donors (Lipinski definition) is 3. The van der Waals surface area contributed by atoms with Gasteiger partial charge < -0.3 is 39.4 Å². The lowest BCUT2D eigenvalue weighted by Gasteiger charge is -2.66. The van der Waals surface area contributed by atoms with Crippen LogP contribution in [0.15, 0.2) is 53.5 Å². The van der Waals surface area contributed by atoms with Gasteiger partial charge in [-0.1, -0.05) is 11.6 Å². The molecule has 1 unspecified atom stereocenters. The van der Waals surface area contributed by atoms with Crippen molar-refractivity contribution < 1.29 is 28.7 Å². The maximum Gasteiger partial charge on any atom is 0.293 e. The van der Waals surface area contributed by atoms with Gasteiger partial charge in [0.2, 0.25) is 17.8 Å². The molecule has 10 rings (SSSR count). The predicted octanol–water partition coefficient (Wildman–Crippen LogP) is 4.14. The van der Waals surface area contributed by atoms with Crippen molar-refractivity contribution in [1.29, 1.82) is 0 Å². The van der Waals surface area contributed by atoms with Crippen molar-refractivity contribution in [2.24, 2.45) is 0 Å². The molecular formula is C46H53ClN10O7. The van der Waals surface area contributed by atoms with E-state index < -0.39 is 6.04 Å². The number of piperidine rings is 2. The van der Waals surface area contributed by atoms with E-state index >= 15 is 0 Å². The van der Waals surface area contributed by atoms with Crippen molar-refractivity contribution in [2.75, 3.05) is 61.5 Å². The van der Waals surface area contributed by atoms with Crippen LogP contribution in [0.1, 0.15) is 80.8 Å². The van der Waals surface area contributed by atoms with Crippen LogP contribution in [0.3, 0.4) is 0 Å². The number of pyridine rings is 1. The minimum atomic E-state index is -0.609. The summed E-state index contributed by atoms with van der Waals surface area (Å²) >= 11 is 6.61. The second-order valence-corrected chi connectivity index (χ2v) is 18.8. The lowest BCUT2D eigenvalue weighted by molar-refractivity contribution is -0.137. The van der Waals surface area contributed by atoms with Gasteiger partial charge >= 0.3 is 0 Å². The van der Waals surface area contributed by atoms with Gasteiger partial charge in [-0.05, 0) is 100 Å². The Morgan fingerprint density at radius 3 is 2.52 bits per heavy atom. The van der Waals surface area contributed by atoms with Crippen molar-refractivity contribution in [3.63, 3.8) is 0 Å². The second-order valence-electron chi connectivity index (χ2n) is 18.3. The van der Waals surface area contributed by atoms with Crippen LogP contribution in [-0.4, -0.2) is 124 Å². The first-order chi connectivity index (χ1) is 30.9. The van der Waals surface area contributed by atoms with Gasteiger partial charge in [0.05, 0.1) is 29.5 Å². The summed E-state index contributed by atoms with van der Waals surface area (Å²) < 4.78 is 13.9. The average molecular weight is 893 g/mol. The summed E-state index contributed by atoms with van der Waals surface area (Å²) in [6.07, 6.45) is 7.64. The number of likely N-dealkylation sites (N-methyl/N-ethyl adjacent to an activating group) is 1. The van der Waals surface area contributed by atoms with Crippen molar-refractivity contribution in [2.45, 2.75) is 101 Å². The number of benzene rings is 2. The van der Waals surface area contributed by atoms with Crippen LogP contribution in [0.5, 0.6) is 5.75 Å². The van der Waals surface area contributed by atoms with Crippen molar-refractivity contribution >= 4 is 69.3 Å². The predicted molar refractivity (Wildman–Crippen MR) is 240 cm³/mol. The molecule has 6 aliphatic rings. The summed E-state index contributed by atoms with van der Waals surface area (Å²) in [6.45, 7) is 8.54. The van der Waals surface area contributed by atoms with E-state index in [0.29, 0.717) is 47.0 Å². The van der Waals surface area contributed by atoms with Crippen LogP contribution in [0.4, 0.5) is 23.1 Å². The summed E-state index contributed by atoms with van der Waals surface area (Å²) in [7, 11) is 1.52. The van der Waals surface area contributed by atoms with E-state index in [0.717, 1.165) is 87.0 Å². The van der Waals surface area contributed by atoms with Crippen LogP contribution >= 0.6 is 11.6 Å². The van der Waals surface area contributed by atoms with Crippen LogP contribution in [0.25, 0.3) is 10.9 Å². The highest BCUT2D eigenvalue weighted by atomic mass is 35.5. The first-order valence-corrected chi connectivity index (χ1v) is 22.8. The number of carbonyl (C=O) groups is 4. The van der Waals surface area contributed by atoms with Crippen molar-refractivity contribution in [3.05, 3.63) is 75.2 Å². The van der Waals surface area contributed by atoms with Gasteiger partial charge in [-0.25, -0.2) is 4.98 Å². The lowest BCUT2D eigenvalue weighted by Crippen LogP contribution is -2.79. The minimum Gasteiger partial charge on any atom is -0.478 e. The number of nitrogens with zero attached hydrogens (tertiary/aromatic N) is 7. The fourth-order valence-electron chi connectivity index (χ4n) is 10.3. The number of rotatable bonds is 12. The van der Waals surface area contributed by atoms with E-state index in [9.17, 15) is 24.0 Å². The summed E-state index contributed by atoms with van der Waals surface area (Å²) in [5, 5.41) is 9.36. The zero-order chi connectivity index (χ0) is 44.4. The number of imide groups is 1. The van der Waals surface area contributed by atoms with Gasteiger partial charge in [-0.3, -0.25) is 34.2 Å². The van der Waals surface area contributed by atoms with Crippen LogP contribution in [0, 0.1) is 0 Å². The highest BCUT2D eigenvalue weighted by Crippen LogP contribution is 2.47. The standard InChI is InChI=1S/C46H53ClN10O7/c1-26(2)57-36-7-4-29(16-27(36)18-38(44(57)62)63-23-40(59)48-3)50-41-35(47)21-49-45(52-41)53-13-10-32(11-14-53)64-33-19-31(20-33)54-24-46(25-54)12-15-56(46)30-5-6-34-28(17-30)22-55(43(34)61)37-8-9-39(58)51-42(37)60/h4-7,16-18,21,26,31-33,37H,8-15,19-20,22-25H2,1-3H3,(H,48,59)(H,49,50,52)(H,51,58,60). The third-order valence-corrected chi connectivity index (χ3v) is 14.3. The molecule has 2 aromatic carbocycles. The van der Waals surface area contributed by atoms with Crippen LogP contribution in [-0.2, 0) is 25.7 Å². The van der Waals surface area contributed by atoms with Crippen LogP contribution in [0.2, 0.25) is 5.02 Å². The van der Waals surface area contributed by atoms with E-state index in [1.54, 1.807) is 21.7 Å². The van der Waals surface area contributed by atoms with E-state index in [2.05, 4.69) is 41.7 Å². The fraction of sp³-hybridized carbons (Fsp3) is 0.500. The zero-order valence-corrected chi connectivity index (χ0v) is 37.0. The van der Waals surface area contributed by atoms with Crippen molar-refractivity contribution in [1.82, 2.24) is 35.0 Å². The Morgan fingerprint density at radius 2 is 1.80 bits per heavy atom. The molecule has 0 bridgehead atoms. The maximum absolute atomic E-state index is 13.3. The average Bonchev–Trinajstić information content (AvgIpc) is 3.56. The molecule has 64 heavy (non-hydrogen) atoms. The number of nitrogens with one attached hydrogen (secondary N) is 3. The number of aromatic nitrogens is 3. The summed E-state index contributed by atoms with van der Waals surface area (Å²) in [6, 6.07) is 13.2. The molecule has 17 nitrogen and oxygen atoms in total. The summed E-state index contributed by atoms with van der Waals surface area (Å²) in [5.41, 5.74) is 4.00. The Balaban J connectivity index is 0.698. The van der Waals surface area contributed by atoms with Gasteiger partial charge in [0.25, 0.3) is 17.4 Å². The molecule has 7 heterocycles. The monoisotopic (exact) mass is 892 g/mol. The van der Waals surface area contributed by atoms with E-state index in [1.165, 1.54) is 7.05 Å². The SMILES string of the molecule is CNC(=O)COc1cc2cc(Nc3nc(N4CCC(OC5CC(N6CC7(CCN7c7ccc8c(c7)CN(C7CCC(=O)NC7=O)C8=O)C6)C5)CC4)ncc3Cl)ccc2n(C(C)C)c1=O. The van der Waals surface area contributed by atoms with Crippen LogP contribution < -0.4 is 36.0 Å². The molecule has 4 aromatic rings. The molecule has 4 saturated heterocycles. The fourth-order valence-corrected chi connectivity index (χ4v) is 10.5. The van der Waals surface area contributed by atoms with Gasteiger partial charge in [0, 0.05) is 87.1 Å². The third kappa shape index (κ3) is 7.70. The largest absolute Gasteiger partial charge is 0.478 e. The van der Waals surface area contributed by atoms with Gasteiger partial charge in [0.1, 0.15) is 11.1 Å². The molecule has 1 atom stereocenters. The van der Waals surface area contributed by atoms with Gasteiger partial charge in [-0.15, -0.1) is 0 Å². The molecule has 1 saturated carbocycles. The van der Waals surface area contributed by atoms with Crippen molar-refractivity contribution in [3.8, 4) is 5.75 Å². The number of carbonyl (C=O) groups excluding carboxylic acids is 4. The van der Waals surface area contributed by atoms with E-state index in [1.807, 2.05) is 44.2 Å². The second kappa shape index (κ2) is 16.7. The highest BCUT2D eigenvalue weighted by molar-refractivity contribution is 6.33. The zero-order valence-electron chi connectivity index (χ0n) is 36.3. The number of hydrogen-bond acceptors (Lipinski definition) is 13. The highest BCUT2D eigenvalue weighted by Gasteiger charge is 2.56. The third-order valence-electron chi connectivity index (χ3n) is 14.0. The Bertz CT molecular complexity index is 2600. The number of amides is 4. The Kier molecular flexibility index (Phi) is 11.0. The molecule has 5 fully saturated rings. The summed E-state index contributed by atoms with van der Waals surface area (Å²) in [4.78, 5) is 80.8. The molecule has 2 aromatic heterocycles. The number of ether oxygens (including phenoxy) is 2. The molecule has 18 heteroatoms. The molecule has 0 radical (unpaired) electrons. The van der Waals surface area contributed by atoms with E-state index in [4.69, 9.17) is 26.1 Å². The molecule has 336 valence electrons. The number of likely N-dealkylation sites (tertiary alicyclic amines) is 1. The topological polar surface area (TPSA) is 184 Å². The first-order valence-electron chi connectivity index (χ1n) is 22.4. The molecule has 1 spiro atoms. The number of halogens is 1. The van der Waals surface area contributed by atoms with E-state index in [-0.39, 0.29) is 71.8 Å². The normalized spacial score (nSPS) is 23.2. The van der Waals surface area contributed by atoms with Gasteiger partial charge in [-0.2, -0.15) is 4.98 Å². The quantitative estimate of drug-likeness (QED) is 0.173. The number of fused-ring (bicyclic) bond motifs is 2. The molecule has 4 amide bonds. The first kappa shape index (κ1) is 42.2.